The van der Waals surface area contributed by atoms with Crippen molar-refractivity contribution in [2.24, 2.45) is 7.05 Å². The highest BCUT2D eigenvalue weighted by Gasteiger charge is 2.22. The molecule has 0 bridgehead atoms. The average molecular weight is 435 g/mol. The van der Waals surface area contributed by atoms with Gasteiger partial charge in [0.05, 0.1) is 21.9 Å². The number of H-pyrrole nitrogens is 2. The molecule has 1 amide bonds. The molecule has 9 heteroatoms. The van der Waals surface area contributed by atoms with Gasteiger partial charge in [-0.15, -0.1) is 0 Å². The second-order valence-corrected chi connectivity index (χ2v) is 8.15. The highest BCUT2D eigenvalue weighted by molar-refractivity contribution is 7.71. The smallest absolute Gasteiger partial charge is 0.261 e. The van der Waals surface area contributed by atoms with Gasteiger partial charge in [0.15, 0.2) is 4.77 Å². The number of rotatable bonds is 2. The lowest BCUT2D eigenvalue weighted by molar-refractivity contribution is 0.0767. The fourth-order valence-corrected chi connectivity index (χ4v) is 4.24. The summed E-state index contributed by atoms with van der Waals surface area (Å²) < 4.78 is 1.72. The van der Waals surface area contributed by atoms with Crippen molar-refractivity contribution in [2.45, 2.75) is 6.42 Å². The van der Waals surface area contributed by atoms with Gasteiger partial charge in [-0.3, -0.25) is 14.2 Å². The van der Waals surface area contributed by atoms with Gasteiger partial charge in [0.1, 0.15) is 0 Å². The lowest BCUT2D eigenvalue weighted by Gasteiger charge is -2.22. The van der Waals surface area contributed by atoms with Crippen LogP contribution in [-0.2, 0) is 7.05 Å². The van der Waals surface area contributed by atoms with Gasteiger partial charge in [-0.25, -0.2) is 4.98 Å². The topological polar surface area (TPSA) is 90.0 Å². The fraction of sp³-hybridized carbons (Fsp3) is 0.273. The molecular weight excluding hydrogens is 412 g/mol. The zero-order valence-corrected chi connectivity index (χ0v) is 17.9. The Morgan fingerprint density at radius 3 is 2.71 bits per heavy atom. The van der Waals surface area contributed by atoms with Gasteiger partial charge in [-0.2, -0.15) is 0 Å². The normalized spacial score (nSPS) is 14.9. The van der Waals surface area contributed by atoms with Gasteiger partial charge >= 0.3 is 0 Å². The maximum Gasteiger partial charge on any atom is 0.261 e. The number of aromatic amines is 2. The van der Waals surface area contributed by atoms with Crippen molar-refractivity contribution >= 4 is 46.0 Å². The third-order valence-electron chi connectivity index (χ3n) is 5.81. The fourth-order valence-electron chi connectivity index (χ4n) is 4.04. The molecule has 2 N–H and O–H groups in total. The molecule has 1 aliphatic rings. The average Bonchev–Trinajstić information content (AvgIpc) is 3.06. The predicted molar refractivity (Wildman–Crippen MR) is 123 cm³/mol. The first-order valence-corrected chi connectivity index (χ1v) is 10.6. The minimum atomic E-state index is -0.172. The number of para-hydroxylation sites is 2. The molecule has 2 aromatic carbocycles. The summed E-state index contributed by atoms with van der Waals surface area (Å²) in [6.45, 7) is 2.78. The van der Waals surface area contributed by atoms with Crippen molar-refractivity contribution in [2.75, 3.05) is 31.1 Å². The molecule has 3 heterocycles. The van der Waals surface area contributed by atoms with E-state index in [-0.39, 0.29) is 11.5 Å². The Hall–Kier alpha value is -3.46. The molecule has 5 rings (SSSR count). The van der Waals surface area contributed by atoms with Crippen molar-refractivity contribution in [3.05, 3.63) is 63.2 Å². The van der Waals surface area contributed by atoms with Gasteiger partial charge < -0.3 is 19.8 Å². The standard InChI is InChI=1S/C22H22N6O2S/c1-26-20(30)15-8-7-14(13-18(15)25-22(26)31)19(29)27-9-4-10-28(12-11-27)21-23-16-5-2-3-6-17(16)24-21/h2-3,5-8,13H,4,9-12H2,1H3,(H,23,24)(H,25,31). The van der Waals surface area contributed by atoms with Crippen LogP contribution >= 0.6 is 12.2 Å². The van der Waals surface area contributed by atoms with E-state index < -0.39 is 0 Å². The van der Waals surface area contributed by atoms with Crippen LogP contribution in [-0.4, -0.2) is 56.5 Å². The molecule has 158 valence electrons. The number of aromatic nitrogens is 4. The van der Waals surface area contributed by atoms with Crippen molar-refractivity contribution in [1.82, 2.24) is 24.4 Å². The van der Waals surface area contributed by atoms with E-state index in [1.807, 2.05) is 29.2 Å². The van der Waals surface area contributed by atoms with E-state index >= 15 is 0 Å². The van der Waals surface area contributed by atoms with E-state index in [2.05, 4.69) is 19.9 Å². The van der Waals surface area contributed by atoms with E-state index in [1.165, 1.54) is 4.57 Å². The zero-order valence-electron chi connectivity index (χ0n) is 17.1. The molecule has 1 saturated heterocycles. The number of nitrogens with zero attached hydrogens (tertiary/aromatic N) is 4. The van der Waals surface area contributed by atoms with E-state index in [4.69, 9.17) is 12.2 Å². The van der Waals surface area contributed by atoms with E-state index in [9.17, 15) is 9.59 Å². The van der Waals surface area contributed by atoms with Gasteiger partial charge in [0.25, 0.3) is 11.5 Å². The maximum atomic E-state index is 13.2. The van der Waals surface area contributed by atoms with Crippen LogP contribution in [0.4, 0.5) is 5.95 Å². The molecule has 31 heavy (non-hydrogen) atoms. The number of nitrogens with one attached hydrogen (secondary N) is 2. The van der Waals surface area contributed by atoms with Crippen molar-refractivity contribution in [3.63, 3.8) is 0 Å². The molecule has 0 atom stereocenters. The van der Waals surface area contributed by atoms with Gasteiger partial charge in [0.2, 0.25) is 5.95 Å². The summed E-state index contributed by atoms with van der Waals surface area (Å²) in [7, 11) is 1.63. The molecule has 1 aliphatic heterocycles. The van der Waals surface area contributed by atoms with Crippen LogP contribution in [0.2, 0.25) is 0 Å². The highest BCUT2D eigenvalue weighted by Crippen LogP contribution is 2.19. The molecule has 0 saturated carbocycles. The first kappa shape index (κ1) is 19.5. The maximum absolute atomic E-state index is 13.2. The first-order chi connectivity index (χ1) is 15.0. The summed E-state index contributed by atoms with van der Waals surface area (Å²) >= 11 is 5.20. The van der Waals surface area contributed by atoms with E-state index in [0.29, 0.717) is 40.9 Å². The molecule has 1 fully saturated rings. The van der Waals surface area contributed by atoms with Crippen molar-refractivity contribution in [3.8, 4) is 0 Å². The lowest BCUT2D eigenvalue weighted by atomic mass is 10.1. The molecule has 0 unspecified atom stereocenters. The van der Waals surface area contributed by atoms with Gasteiger partial charge in [-0.05, 0) is 49.0 Å². The van der Waals surface area contributed by atoms with Crippen LogP contribution in [0, 0.1) is 4.77 Å². The Kier molecular flexibility index (Phi) is 4.82. The Labute approximate surface area is 183 Å². The number of anilines is 1. The first-order valence-electron chi connectivity index (χ1n) is 10.2. The summed E-state index contributed by atoms with van der Waals surface area (Å²) in [6.07, 6.45) is 0.847. The number of amides is 1. The lowest BCUT2D eigenvalue weighted by Crippen LogP contribution is -2.35. The molecule has 2 aromatic heterocycles. The van der Waals surface area contributed by atoms with Crippen LogP contribution in [0.1, 0.15) is 16.8 Å². The van der Waals surface area contributed by atoms with Crippen LogP contribution in [0.3, 0.4) is 0 Å². The Morgan fingerprint density at radius 1 is 1.03 bits per heavy atom. The number of imidazole rings is 1. The summed E-state index contributed by atoms with van der Waals surface area (Å²) in [5.74, 6) is 0.790. The SMILES string of the molecule is Cn1c(=S)[nH]c2cc(C(=O)N3CCCN(c4nc5ccccc5[nH]4)CC3)ccc2c1=O. The van der Waals surface area contributed by atoms with Gasteiger partial charge in [-0.1, -0.05) is 12.1 Å². The summed E-state index contributed by atoms with van der Waals surface area (Å²) in [5, 5.41) is 0.513. The number of fused-ring (bicyclic) bond motifs is 2. The third kappa shape index (κ3) is 3.50. The second kappa shape index (κ2) is 7.66. The number of hydrogen-bond acceptors (Lipinski definition) is 5. The van der Waals surface area contributed by atoms with Gasteiger partial charge in [0, 0.05) is 38.8 Å². The second-order valence-electron chi connectivity index (χ2n) is 7.77. The van der Waals surface area contributed by atoms with E-state index in [0.717, 1.165) is 29.9 Å². The number of carbonyl (C=O) groups is 1. The summed E-state index contributed by atoms with van der Waals surface area (Å²) in [6, 6.07) is 13.1. The minimum Gasteiger partial charge on any atom is -0.341 e. The largest absolute Gasteiger partial charge is 0.341 e. The molecule has 0 radical (unpaired) electrons. The monoisotopic (exact) mass is 434 g/mol. The van der Waals surface area contributed by atoms with Crippen molar-refractivity contribution < 1.29 is 4.79 Å². The van der Waals surface area contributed by atoms with Crippen LogP contribution < -0.4 is 10.5 Å². The van der Waals surface area contributed by atoms with Crippen LogP contribution in [0.5, 0.6) is 0 Å². The number of carbonyl (C=O) groups excluding carboxylic acids is 1. The predicted octanol–water partition coefficient (Wildman–Crippen LogP) is 2.82. The molecule has 0 spiro atoms. The quantitative estimate of drug-likeness (QED) is 0.474. The highest BCUT2D eigenvalue weighted by atomic mass is 32.1. The Morgan fingerprint density at radius 2 is 1.87 bits per heavy atom. The summed E-state index contributed by atoms with van der Waals surface area (Å²) in [4.78, 5) is 40.7. The van der Waals surface area contributed by atoms with Crippen LogP contribution in [0.15, 0.2) is 47.3 Å². The number of benzene rings is 2. The zero-order chi connectivity index (χ0) is 21.5. The molecule has 8 nitrogen and oxygen atoms in total. The molecular formula is C22H22N6O2S. The third-order valence-corrected chi connectivity index (χ3v) is 6.18. The molecule has 0 aliphatic carbocycles. The van der Waals surface area contributed by atoms with E-state index in [1.54, 1.807) is 25.2 Å². The Balaban J connectivity index is 1.37. The molecule has 4 aromatic rings. The summed E-state index contributed by atoms with van der Waals surface area (Å²) in [5.41, 5.74) is 2.90. The minimum absolute atomic E-state index is 0.0478. The number of hydrogen-bond donors (Lipinski definition) is 2. The van der Waals surface area contributed by atoms with Crippen molar-refractivity contribution in [1.29, 1.82) is 0 Å². The van der Waals surface area contributed by atoms with Crippen LogP contribution in [0.25, 0.3) is 21.9 Å². The Bertz CT molecular complexity index is 1390.